The van der Waals surface area contributed by atoms with Crippen LogP contribution in [0, 0.1) is 0 Å². The number of hydrogen-bond acceptors (Lipinski definition) is 2. The van der Waals surface area contributed by atoms with Gasteiger partial charge in [-0.05, 0) is 0 Å². The summed E-state index contributed by atoms with van der Waals surface area (Å²) in [7, 11) is 0. The average Bonchev–Trinajstić information content (AvgIpc) is 2.72. The Hall–Kier alpha value is -1.55. The Morgan fingerprint density at radius 2 is 2.12 bits per heavy atom. The number of nitrogens with zero attached hydrogens (tertiary/aromatic N) is 3. The van der Waals surface area contributed by atoms with Gasteiger partial charge in [0.05, 0.1) is 11.2 Å². The van der Waals surface area contributed by atoms with E-state index < -0.39 is 0 Å². The number of halogens is 1. The van der Waals surface area contributed by atoms with Gasteiger partial charge in [0.25, 0.3) is 0 Å². The molecule has 0 aliphatic rings. The third-order valence-corrected chi connectivity index (χ3v) is 2.40. The van der Waals surface area contributed by atoms with Gasteiger partial charge < -0.3 is 4.90 Å². The van der Waals surface area contributed by atoms with Gasteiger partial charge in [0, 0.05) is 32.3 Å². The van der Waals surface area contributed by atoms with E-state index in [2.05, 4.69) is 18.3 Å². The van der Waals surface area contributed by atoms with Gasteiger partial charge in [0.15, 0.2) is 0 Å². The van der Waals surface area contributed by atoms with Crippen molar-refractivity contribution < 1.29 is 4.79 Å². The summed E-state index contributed by atoms with van der Waals surface area (Å²) in [6.07, 6.45) is 7.04. The van der Waals surface area contributed by atoms with E-state index in [4.69, 9.17) is 11.6 Å². The smallest absolute Gasteiger partial charge is 0.224 e. The van der Waals surface area contributed by atoms with Crippen molar-refractivity contribution in [3.05, 3.63) is 42.7 Å². The zero-order chi connectivity index (χ0) is 12.7. The molecule has 0 fully saturated rings. The largest absolute Gasteiger partial charge is 0.335 e. The lowest BCUT2D eigenvalue weighted by molar-refractivity contribution is -0.130. The van der Waals surface area contributed by atoms with Gasteiger partial charge >= 0.3 is 0 Å². The second-order valence-electron chi connectivity index (χ2n) is 3.55. The predicted molar refractivity (Wildman–Crippen MR) is 68.8 cm³/mol. The van der Waals surface area contributed by atoms with Gasteiger partial charge in [-0.2, -0.15) is 5.10 Å². The second-order valence-corrected chi connectivity index (χ2v) is 3.98. The molecule has 4 nitrogen and oxygen atoms in total. The molecule has 0 spiro atoms. The second kappa shape index (κ2) is 6.91. The number of amides is 1. The minimum Gasteiger partial charge on any atom is -0.335 e. The zero-order valence-electron chi connectivity index (χ0n) is 9.68. The van der Waals surface area contributed by atoms with Crippen LogP contribution >= 0.6 is 11.6 Å². The molecule has 17 heavy (non-hydrogen) atoms. The summed E-state index contributed by atoms with van der Waals surface area (Å²) in [5, 5.41) is 4.59. The molecule has 0 unspecified atom stereocenters. The third kappa shape index (κ3) is 4.44. The Balaban J connectivity index is 2.46. The van der Waals surface area contributed by atoms with Gasteiger partial charge in [-0.25, -0.2) is 0 Å². The van der Waals surface area contributed by atoms with Crippen LogP contribution in [0.15, 0.2) is 37.7 Å². The maximum absolute atomic E-state index is 11.9. The molecular formula is C12H16ClN3O. The van der Waals surface area contributed by atoms with Crippen LogP contribution in [-0.4, -0.2) is 33.7 Å². The molecule has 0 atom stereocenters. The highest BCUT2D eigenvalue weighted by molar-refractivity contribution is 6.30. The minimum atomic E-state index is 0.0522. The maximum Gasteiger partial charge on any atom is 0.224 e. The summed E-state index contributed by atoms with van der Waals surface area (Å²) in [6.45, 7) is 8.84. The van der Waals surface area contributed by atoms with Crippen molar-refractivity contribution in [1.29, 1.82) is 0 Å². The van der Waals surface area contributed by atoms with E-state index in [-0.39, 0.29) is 5.91 Å². The molecule has 1 aromatic heterocycles. The molecule has 1 rings (SSSR count). The van der Waals surface area contributed by atoms with Crippen molar-refractivity contribution in [1.82, 2.24) is 14.7 Å². The molecule has 0 N–H and O–H groups in total. The van der Waals surface area contributed by atoms with Crippen molar-refractivity contribution in [3.63, 3.8) is 0 Å². The Kier molecular flexibility index (Phi) is 5.49. The van der Waals surface area contributed by atoms with Gasteiger partial charge in [0.2, 0.25) is 5.91 Å². The number of aryl methyl sites for hydroxylation is 1. The summed E-state index contributed by atoms with van der Waals surface area (Å²) in [6, 6.07) is 0. The van der Waals surface area contributed by atoms with Crippen LogP contribution in [-0.2, 0) is 11.3 Å². The normalized spacial score (nSPS) is 9.94. The monoisotopic (exact) mass is 253 g/mol. The fraction of sp³-hybridized carbons (Fsp3) is 0.333. The van der Waals surface area contributed by atoms with Crippen LogP contribution in [0.1, 0.15) is 6.42 Å². The summed E-state index contributed by atoms with van der Waals surface area (Å²) >= 11 is 5.73. The average molecular weight is 254 g/mol. The van der Waals surface area contributed by atoms with E-state index in [1.54, 1.807) is 34.1 Å². The first-order valence-corrected chi connectivity index (χ1v) is 5.72. The fourth-order valence-electron chi connectivity index (χ4n) is 1.42. The van der Waals surface area contributed by atoms with Crippen LogP contribution in [0.3, 0.4) is 0 Å². The quantitative estimate of drug-likeness (QED) is 0.699. The third-order valence-electron chi connectivity index (χ3n) is 2.21. The molecule has 0 saturated heterocycles. The number of carbonyl (C=O) groups is 1. The molecule has 0 aliphatic heterocycles. The summed E-state index contributed by atoms with van der Waals surface area (Å²) in [5.74, 6) is 0.0522. The van der Waals surface area contributed by atoms with Crippen LogP contribution in [0.25, 0.3) is 0 Å². The van der Waals surface area contributed by atoms with Gasteiger partial charge in [-0.3, -0.25) is 9.48 Å². The topological polar surface area (TPSA) is 38.1 Å². The lowest BCUT2D eigenvalue weighted by atomic mass is 10.3. The van der Waals surface area contributed by atoms with Crippen LogP contribution in [0.5, 0.6) is 0 Å². The van der Waals surface area contributed by atoms with Gasteiger partial charge in [-0.1, -0.05) is 23.8 Å². The first-order chi connectivity index (χ1) is 8.17. The maximum atomic E-state index is 11.9. The number of carbonyl (C=O) groups excluding carboxylic acids is 1. The SMILES string of the molecule is C=CCN(CC=C)C(=O)CCn1cc(Cl)cn1. The lowest BCUT2D eigenvalue weighted by Gasteiger charge is -2.19. The van der Waals surface area contributed by atoms with Crippen LogP contribution < -0.4 is 0 Å². The van der Waals surface area contributed by atoms with E-state index in [0.717, 1.165) is 0 Å². The van der Waals surface area contributed by atoms with E-state index in [9.17, 15) is 4.79 Å². The van der Waals surface area contributed by atoms with E-state index in [1.165, 1.54) is 0 Å². The predicted octanol–water partition coefficient (Wildman–Crippen LogP) is 2.13. The molecule has 0 radical (unpaired) electrons. The highest BCUT2D eigenvalue weighted by atomic mass is 35.5. The summed E-state index contributed by atoms with van der Waals surface area (Å²) in [5.41, 5.74) is 0. The molecule has 1 amide bonds. The number of rotatable bonds is 7. The highest BCUT2D eigenvalue weighted by Crippen LogP contribution is 2.05. The van der Waals surface area contributed by atoms with Crippen molar-refractivity contribution in [2.24, 2.45) is 0 Å². The molecule has 1 aromatic rings. The molecule has 92 valence electrons. The van der Waals surface area contributed by atoms with Gasteiger partial charge in [0.1, 0.15) is 0 Å². The van der Waals surface area contributed by atoms with E-state index in [1.807, 2.05) is 0 Å². The lowest BCUT2D eigenvalue weighted by Crippen LogP contribution is -2.31. The van der Waals surface area contributed by atoms with Crippen molar-refractivity contribution in [2.45, 2.75) is 13.0 Å². The molecule has 5 heteroatoms. The molecule has 0 bridgehead atoms. The summed E-state index contributed by atoms with van der Waals surface area (Å²) < 4.78 is 1.65. The standard InChI is InChI=1S/C12H16ClN3O/c1-3-6-15(7-4-2)12(17)5-8-16-10-11(13)9-14-16/h3-4,9-10H,1-2,5-8H2. The van der Waals surface area contributed by atoms with Crippen LogP contribution in [0.4, 0.5) is 0 Å². The molecule has 1 heterocycles. The van der Waals surface area contributed by atoms with Crippen molar-refractivity contribution in [2.75, 3.05) is 13.1 Å². The minimum absolute atomic E-state index is 0.0522. The molecule has 0 saturated carbocycles. The molecule has 0 aromatic carbocycles. The van der Waals surface area contributed by atoms with Crippen molar-refractivity contribution in [3.8, 4) is 0 Å². The fourth-order valence-corrected chi connectivity index (χ4v) is 1.58. The zero-order valence-corrected chi connectivity index (χ0v) is 10.4. The first kappa shape index (κ1) is 13.5. The first-order valence-electron chi connectivity index (χ1n) is 5.35. The Morgan fingerprint density at radius 3 is 2.59 bits per heavy atom. The van der Waals surface area contributed by atoms with E-state index >= 15 is 0 Å². The number of aromatic nitrogens is 2. The highest BCUT2D eigenvalue weighted by Gasteiger charge is 2.10. The Bertz CT molecular complexity index is 390. The van der Waals surface area contributed by atoms with Crippen molar-refractivity contribution >= 4 is 17.5 Å². The summed E-state index contributed by atoms with van der Waals surface area (Å²) in [4.78, 5) is 13.5. The molecular weight excluding hydrogens is 238 g/mol. The Labute approximate surface area is 106 Å². The number of hydrogen-bond donors (Lipinski definition) is 0. The van der Waals surface area contributed by atoms with Gasteiger partial charge in [-0.15, -0.1) is 13.2 Å². The van der Waals surface area contributed by atoms with Crippen LogP contribution in [0.2, 0.25) is 5.02 Å². The molecule has 0 aliphatic carbocycles. The van der Waals surface area contributed by atoms with E-state index in [0.29, 0.717) is 31.1 Å². The Morgan fingerprint density at radius 1 is 1.47 bits per heavy atom.